The smallest absolute Gasteiger partial charge is 0.417 e. The van der Waals surface area contributed by atoms with Gasteiger partial charge in [0.15, 0.2) is 17.3 Å². The van der Waals surface area contributed by atoms with Gasteiger partial charge < -0.3 is 14.8 Å². The Kier molecular flexibility index (Phi) is 5.18. The van der Waals surface area contributed by atoms with Crippen molar-refractivity contribution in [1.82, 2.24) is 4.98 Å². The number of hydrogen-bond donors (Lipinski definition) is 1. The van der Waals surface area contributed by atoms with E-state index in [9.17, 15) is 18.0 Å². The number of rotatable bonds is 4. The predicted octanol–water partition coefficient (Wildman–Crippen LogP) is 4.02. The molecule has 0 radical (unpaired) electrons. The molecule has 0 saturated heterocycles. The van der Waals surface area contributed by atoms with E-state index in [0.717, 1.165) is 0 Å². The number of halogens is 4. The lowest BCUT2D eigenvalue weighted by atomic mass is 10.2. The predicted molar refractivity (Wildman–Crippen MR) is 81.7 cm³/mol. The van der Waals surface area contributed by atoms with Crippen LogP contribution in [0.25, 0.3) is 0 Å². The van der Waals surface area contributed by atoms with E-state index in [1.807, 2.05) is 0 Å². The third-order valence-corrected chi connectivity index (χ3v) is 3.33. The van der Waals surface area contributed by atoms with Gasteiger partial charge in [-0.2, -0.15) is 13.2 Å². The topological polar surface area (TPSA) is 60.5 Å². The summed E-state index contributed by atoms with van der Waals surface area (Å²) in [6.45, 7) is 0. The Morgan fingerprint density at radius 2 is 1.83 bits per heavy atom. The van der Waals surface area contributed by atoms with Crippen LogP contribution in [0.2, 0.25) is 5.02 Å². The van der Waals surface area contributed by atoms with E-state index in [0.29, 0.717) is 23.8 Å². The Hall–Kier alpha value is -2.48. The summed E-state index contributed by atoms with van der Waals surface area (Å²) in [5, 5.41) is 2.03. The van der Waals surface area contributed by atoms with E-state index in [1.54, 1.807) is 0 Å². The number of ether oxygens (including phenoxy) is 2. The van der Waals surface area contributed by atoms with Crippen molar-refractivity contribution in [3.05, 3.63) is 46.6 Å². The van der Waals surface area contributed by atoms with Crippen LogP contribution < -0.4 is 14.8 Å². The molecule has 2 aromatic rings. The van der Waals surface area contributed by atoms with Gasteiger partial charge in [0.25, 0.3) is 5.91 Å². The van der Waals surface area contributed by atoms with E-state index < -0.39 is 17.6 Å². The fraction of sp³-hybridized carbons (Fsp3) is 0.200. The molecule has 9 heteroatoms. The normalized spacial score (nSPS) is 11.1. The third kappa shape index (κ3) is 3.88. The average molecular weight is 361 g/mol. The molecule has 0 bridgehead atoms. The molecule has 0 saturated carbocycles. The number of anilines is 1. The summed E-state index contributed by atoms with van der Waals surface area (Å²) in [5.74, 6) is -0.0223. The first kappa shape index (κ1) is 17.9. The highest BCUT2D eigenvalue weighted by Gasteiger charge is 2.31. The molecule has 0 fully saturated rings. The van der Waals surface area contributed by atoms with Crippen molar-refractivity contribution in [2.75, 3.05) is 19.5 Å². The van der Waals surface area contributed by atoms with Crippen LogP contribution in [0.1, 0.15) is 15.9 Å². The van der Waals surface area contributed by atoms with Gasteiger partial charge >= 0.3 is 6.18 Å². The summed E-state index contributed by atoms with van der Waals surface area (Å²) in [6.07, 6.45) is -3.97. The molecule has 1 aromatic heterocycles. The van der Waals surface area contributed by atoms with Crippen LogP contribution >= 0.6 is 11.6 Å². The number of alkyl halides is 3. The molecule has 1 aromatic carbocycles. The van der Waals surface area contributed by atoms with Gasteiger partial charge in [-0.1, -0.05) is 11.6 Å². The lowest BCUT2D eigenvalue weighted by Gasteiger charge is -2.11. The molecule has 1 N–H and O–H groups in total. The second-order valence-corrected chi connectivity index (χ2v) is 4.98. The summed E-state index contributed by atoms with van der Waals surface area (Å²) in [7, 11) is 2.86. The summed E-state index contributed by atoms with van der Waals surface area (Å²) in [5.41, 5.74) is -0.804. The summed E-state index contributed by atoms with van der Waals surface area (Å²) in [4.78, 5) is 15.7. The monoisotopic (exact) mass is 360 g/mol. The quantitative estimate of drug-likeness (QED) is 0.894. The highest BCUT2D eigenvalue weighted by molar-refractivity contribution is 6.33. The van der Waals surface area contributed by atoms with Crippen LogP contribution in [0.4, 0.5) is 19.0 Å². The van der Waals surface area contributed by atoms with Gasteiger partial charge in [0.1, 0.15) is 0 Å². The van der Waals surface area contributed by atoms with E-state index in [2.05, 4.69) is 10.3 Å². The standard InChI is InChI=1S/C15H12ClF3N2O3/c1-23-11-4-3-8(5-12(11)24-2)14(22)21-13-10(16)6-9(7-20-13)15(17,18)19/h3-7H,1-2H3,(H,20,21,22). The van der Waals surface area contributed by atoms with Gasteiger partial charge in [-0.3, -0.25) is 4.79 Å². The molecule has 0 atom stereocenters. The Morgan fingerprint density at radius 3 is 2.38 bits per heavy atom. The first-order valence-electron chi connectivity index (χ1n) is 6.52. The highest BCUT2D eigenvalue weighted by Crippen LogP contribution is 2.33. The summed E-state index contributed by atoms with van der Waals surface area (Å²) < 4.78 is 47.8. The number of carbonyl (C=O) groups excluding carboxylic acids is 1. The zero-order valence-corrected chi connectivity index (χ0v) is 13.3. The number of carbonyl (C=O) groups is 1. The van der Waals surface area contributed by atoms with Crippen molar-refractivity contribution in [3.8, 4) is 11.5 Å². The number of methoxy groups -OCH3 is 2. The van der Waals surface area contributed by atoms with E-state index in [1.165, 1.54) is 32.4 Å². The van der Waals surface area contributed by atoms with E-state index in [4.69, 9.17) is 21.1 Å². The number of hydrogen-bond acceptors (Lipinski definition) is 4. The second-order valence-electron chi connectivity index (χ2n) is 4.58. The van der Waals surface area contributed by atoms with Gasteiger partial charge in [-0.05, 0) is 24.3 Å². The van der Waals surface area contributed by atoms with Crippen molar-refractivity contribution >= 4 is 23.3 Å². The number of nitrogens with one attached hydrogen (secondary N) is 1. The number of nitrogens with zero attached hydrogens (tertiary/aromatic N) is 1. The maximum absolute atomic E-state index is 12.6. The van der Waals surface area contributed by atoms with Crippen LogP contribution in [-0.2, 0) is 6.18 Å². The van der Waals surface area contributed by atoms with Gasteiger partial charge in [0.05, 0.1) is 24.8 Å². The SMILES string of the molecule is COc1ccc(C(=O)Nc2ncc(C(F)(F)F)cc2Cl)cc1OC. The molecule has 1 amide bonds. The van der Waals surface area contributed by atoms with Crippen molar-refractivity contribution in [1.29, 1.82) is 0 Å². The number of amides is 1. The molecular weight excluding hydrogens is 349 g/mol. The number of pyridine rings is 1. The molecular formula is C15H12ClF3N2O3. The minimum atomic E-state index is -4.57. The maximum atomic E-state index is 12.6. The first-order valence-corrected chi connectivity index (χ1v) is 6.90. The average Bonchev–Trinajstić information content (AvgIpc) is 2.54. The van der Waals surface area contributed by atoms with Crippen molar-refractivity contribution in [2.24, 2.45) is 0 Å². The largest absolute Gasteiger partial charge is 0.493 e. The van der Waals surface area contributed by atoms with Crippen LogP contribution in [0, 0.1) is 0 Å². The van der Waals surface area contributed by atoms with Crippen LogP contribution in [0.3, 0.4) is 0 Å². The minimum Gasteiger partial charge on any atom is -0.493 e. The molecule has 0 aliphatic rings. The molecule has 128 valence electrons. The highest BCUT2D eigenvalue weighted by atomic mass is 35.5. The minimum absolute atomic E-state index is 0.176. The fourth-order valence-electron chi connectivity index (χ4n) is 1.84. The lowest BCUT2D eigenvalue weighted by Crippen LogP contribution is -2.14. The molecule has 0 aliphatic heterocycles. The Morgan fingerprint density at radius 1 is 1.17 bits per heavy atom. The fourth-order valence-corrected chi connectivity index (χ4v) is 2.06. The molecule has 2 rings (SSSR count). The first-order chi connectivity index (χ1) is 11.3. The Labute approximate surface area is 140 Å². The molecule has 24 heavy (non-hydrogen) atoms. The molecule has 5 nitrogen and oxygen atoms in total. The van der Waals surface area contributed by atoms with Crippen molar-refractivity contribution in [3.63, 3.8) is 0 Å². The number of aromatic nitrogens is 1. The summed E-state index contributed by atoms with van der Waals surface area (Å²) in [6, 6.07) is 5.11. The summed E-state index contributed by atoms with van der Waals surface area (Å²) >= 11 is 5.75. The van der Waals surface area contributed by atoms with Crippen LogP contribution in [0.5, 0.6) is 11.5 Å². The Balaban J connectivity index is 2.24. The molecule has 1 heterocycles. The van der Waals surface area contributed by atoms with E-state index in [-0.39, 0.29) is 16.4 Å². The number of benzene rings is 1. The zero-order chi connectivity index (χ0) is 17.9. The van der Waals surface area contributed by atoms with Gasteiger partial charge in [-0.25, -0.2) is 4.98 Å². The van der Waals surface area contributed by atoms with Gasteiger partial charge in [0.2, 0.25) is 0 Å². The Bertz CT molecular complexity index is 766. The van der Waals surface area contributed by atoms with Crippen molar-refractivity contribution in [2.45, 2.75) is 6.18 Å². The van der Waals surface area contributed by atoms with E-state index >= 15 is 0 Å². The van der Waals surface area contributed by atoms with Gasteiger partial charge in [0, 0.05) is 11.8 Å². The molecule has 0 unspecified atom stereocenters. The molecule has 0 aliphatic carbocycles. The lowest BCUT2D eigenvalue weighted by molar-refractivity contribution is -0.137. The third-order valence-electron chi connectivity index (χ3n) is 3.05. The van der Waals surface area contributed by atoms with Crippen LogP contribution in [-0.4, -0.2) is 25.1 Å². The van der Waals surface area contributed by atoms with Crippen LogP contribution in [0.15, 0.2) is 30.5 Å². The van der Waals surface area contributed by atoms with Gasteiger partial charge in [-0.15, -0.1) is 0 Å². The van der Waals surface area contributed by atoms with Crippen molar-refractivity contribution < 1.29 is 27.4 Å². The maximum Gasteiger partial charge on any atom is 0.417 e. The molecule has 0 spiro atoms. The zero-order valence-electron chi connectivity index (χ0n) is 12.6. The second kappa shape index (κ2) is 6.96.